The van der Waals surface area contributed by atoms with E-state index in [-0.39, 0.29) is 27.3 Å². The maximum atomic E-state index is 13.4. The quantitative estimate of drug-likeness (QED) is 0.700. The van der Waals surface area contributed by atoms with Crippen molar-refractivity contribution in [3.05, 3.63) is 0 Å². The molecule has 5 heteroatoms. The molecule has 0 N–H and O–H groups in total. The summed E-state index contributed by atoms with van der Waals surface area (Å²) in [6, 6.07) is 0. The molecule has 22 heavy (non-hydrogen) atoms. The van der Waals surface area contributed by atoms with Crippen LogP contribution < -0.4 is 0 Å². The van der Waals surface area contributed by atoms with Gasteiger partial charge in [0, 0.05) is 31.6 Å². The zero-order valence-corrected chi connectivity index (χ0v) is 15.7. The third kappa shape index (κ3) is 1.73. The minimum Gasteiger partial charge on any atom is -0.340 e. The summed E-state index contributed by atoms with van der Waals surface area (Å²) in [5, 5.41) is 0. The molecule has 3 rings (SSSR count). The van der Waals surface area contributed by atoms with Crippen LogP contribution in [-0.4, -0.2) is 59.0 Å². The van der Waals surface area contributed by atoms with Crippen molar-refractivity contribution in [2.45, 2.75) is 45.4 Å². The third-order valence-corrected chi connectivity index (χ3v) is 8.41. The van der Waals surface area contributed by atoms with E-state index < -0.39 is 5.41 Å². The van der Waals surface area contributed by atoms with E-state index in [9.17, 15) is 9.59 Å². The molecule has 2 saturated carbocycles. The molecule has 0 unspecified atom stereocenters. The van der Waals surface area contributed by atoms with E-state index in [0.717, 1.165) is 45.6 Å². The van der Waals surface area contributed by atoms with Gasteiger partial charge in [-0.05, 0) is 24.8 Å². The predicted octanol–water partition coefficient (Wildman–Crippen LogP) is 2.31. The molecule has 1 heterocycles. The van der Waals surface area contributed by atoms with Crippen molar-refractivity contribution in [2.75, 3.05) is 32.7 Å². The van der Waals surface area contributed by atoms with Crippen molar-refractivity contribution < 1.29 is 9.59 Å². The van der Waals surface area contributed by atoms with E-state index in [1.54, 1.807) is 0 Å². The second kappa shape index (κ2) is 5.04. The first-order chi connectivity index (χ1) is 10.2. The molecule has 3 aliphatic rings. The van der Waals surface area contributed by atoms with Gasteiger partial charge < -0.3 is 9.80 Å². The molecule has 2 aliphatic carbocycles. The number of hydrogen-bond donors (Lipinski definition) is 0. The molecule has 0 spiro atoms. The van der Waals surface area contributed by atoms with Crippen molar-refractivity contribution >= 4 is 27.6 Å². The van der Waals surface area contributed by atoms with Gasteiger partial charge in [0.2, 0.25) is 5.91 Å². The van der Waals surface area contributed by atoms with Crippen LogP contribution in [0.15, 0.2) is 0 Å². The summed E-state index contributed by atoms with van der Waals surface area (Å²) in [5.74, 6) is 0.425. The fourth-order valence-electron chi connectivity index (χ4n) is 4.97. The van der Waals surface area contributed by atoms with Crippen molar-refractivity contribution in [1.29, 1.82) is 0 Å². The minimum atomic E-state index is -0.562. The van der Waals surface area contributed by atoms with Crippen LogP contribution in [0.3, 0.4) is 0 Å². The number of rotatable bonds is 2. The topological polar surface area (TPSA) is 40.6 Å². The molecular weight excluding hydrogens is 344 g/mol. The Morgan fingerprint density at radius 3 is 2.23 bits per heavy atom. The number of amides is 1. The fraction of sp³-hybridized carbons (Fsp3) is 0.882. The van der Waals surface area contributed by atoms with Crippen LogP contribution in [-0.2, 0) is 9.59 Å². The smallest absolute Gasteiger partial charge is 0.231 e. The highest BCUT2D eigenvalue weighted by Crippen LogP contribution is 2.72. The number of ketones is 1. The molecule has 2 bridgehead atoms. The fourth-order valence-corrected chi connectivity index (χ4v) is 6.48. The second-order valence-corrected chi connectivity index (χ2v) is 8.80. The number of Topliss-reactive ketones (excluding diaryl/α,β-unsaturated/α-hetero) is 1. The van der Waals surface area contributed by atoms with Crippen molar-refractivity contribution in [2.24, 2.45) is 16.2 Å². The highest BCUT2D eigenvalue weighted by Gasteiger charge is 2.77. The Bertz CT molecular complexity index is 513. The maximum Gasteiger partial charge on any atom is 0.231 e. The summed E-state index contributed by atoms with van der Waals surface area (Å²) in [4.78, 5) is 30.2. The monoisotopic (exact) mass is 370 g/mol. The minimum absolute atomic E-state index is 0.199. The molecule has 1 aliphatic heterocycles. The molecule has 3 atom stereocenters. The van der Waals surface area contributed by atoms with Gasteiger partial charge in [0.1, 0.15) is 0 Å². The van der Waals surface area contributed by atoms with Crippen LogP contribution >= 0.6 is 15.9 Å². The Hall–Kier alpha value is -0.420. The van der Waals surface area contributed by atoms with Crippen LogP contribution in [0, 0.1) is 16.2 Å². The highest BCUT2D eigenvalue weighted by molar-refractivity contribution is 9.10. The molecule has 0 aromatic rings. The van der Waals surface area contributed by atoms with Gasteiger partial charge in [0.05, 0.1) is 10.2 Å². The number of fused-ring (bicyclic) bond motifs is 2. The molecule has 124 valence electrons. The summed E-state index contributed by atoms with van der Waals surface area (Å²) in [7, 11) is 0. The average Bonchev–Trinajstić information content (AvgIpc) is 2.79. The first-order valence-corrected chi connectivity index (χ1v) is 9.34. The van der Waals surface area contributed by atoms with Crippen LogP contribution in [0.1, 0.15) is 40.5 Å². The SMILES string of the molecule is CCN1CCN(C(=O)[C@@]23CC[C@@](C)(C(=O)[C@@H]2Br)C3(C)C)CC1. The molecule has 1 saturated heterocycles. The van der Waals surface area contributed by atoms with Gasteiger partial charge in [-0.3, -0.25) is 9.59 Å². The summed E-state index contributed by atoms with van der Waals surface area (Å²) >= 11 is 3.61. The van der Waals surface area contributed by atoms with Gasteiger partial charge in [-0.15, -0.1) is 0 Å². The molecule has 1 amide bonds. The van der Waals surface area contributed by atoms with E-state index in [2.05, 4.69) is 48.5 Å². The van der Waals surface area contributed by atoms with Gasteiger partial charge >= 0.3 is 0 Å². The average molecular weight is 371 g/mol. The lowest BCUT2D eigenvalue weighted by molar-refractivity contribution is -0.149. The Morgan fingerprint density at radius 1 is 1.18 bits per heavy atom. The van der Waals surface area contributed by atoms with Crippen LogP contribution in [0.25, 0.3) is 0 Å². The summed E-state index contributed by atoms with van der Waals surface area (Å²) < 4.78 is 0. The lowest BCUT2D eigenvalue weighted by atomic mass is 9.64. The first-order valence-electron chi connectivity index (χ1n) is 8.42. The number of likely N-dealkylation sites (N-methyl/N-ethyl adjacent to an activating group) is 1. The normalized spacial score (nSPS) is 41.2. The second-order valence-electron chi connectivity index (χ2n) is 7.88. The Morgan fingerprint density at radius 2 is 1.77 bits per heavy atom. The first kappa shape index (κ1) is 16.4. The van der Waals surface area contributed by atoms with Gasteiger partial charge in [-0.25, -0.2) is 0 Å². The lowest BCUT2D eigenvalue weighted by Gasteiger charge is -2.45. The number of nitrogens with zero attached hydrogens (tertiary/aromatic N) is 2. The van der Waals surface area contributed by atoms with Crippen LogP contribution in [0.4, 0.5) is 0 Å². The third-order valence-electron chi connectivity index (χ3n) is 7.21. The van der Waals surface area contributed by atoms with Gasteiger partial charge in [-0.2, -0.15) is 0 Å². The van der Waals surface area contributed by atoms with E-state index >= 15 is 0 Å². The van der Waals surface area contributed by atoms with Gasteiger partial charge in [0.25, 0.3) is 0 Å². The largest absolute Gasteiger partial charge is 0.340 e. The highest BCUT2D eigenvalue weighted by atomic mass is 79.9. The number of hydrogen-bond acceptors (Lipinski definition) is 3. The van der Waals surface area contributed by atoms with E-state index in [1.807, 2.05) is 4.90 Å². The maximum absolute atomic E-state index is 13.4. The van der Waals surface area contributed by atoms with E-state index in [1.165, 1.54) is 0 Å². The zero-order chi connectivity index (χ0) is 16.3. The number of halogens is 1. The van der Waals surface area contributed by atoms with Crippen LogP contribution in [0.5, 0.6) is 0 Å². The van der Waals surface area contributed by atoms with Crippen molar-refractivity contribution in [3.63, 3.8) is 0 Å². The van der Waals surface area contributed by atoms with E-state index in [0.29, 0.717) is 0 Å². The predicted molar refractivity (Wildman–Crippen MR) is 90.0 cm³/mol. The Balaban J connectivity index is 1.90. The standard InChI is InChI=1S/C17H27BrN2O2/c1-5-19-8-10-20(11-9-19)14(22)17-7-6-16(4,15(17,2)3)13(21)12(17)18/h12H,5-11H2,1-4H3/t12-,16-,17+/m0/s1. The molecule has 4 nitrogen and oxygen atoms in total. The Labute approximate surface area is 141 Å². The van der Waals surface area contributed by atoms with Gasteiger partial charge in [0.15, 0.2) is 5.78 Å². The summed E-state index contributed by atoms with van der Waals surface area (Å²) in [5.41, 5.74) is -1.22. The summed E-state index contributed by atoms with van der Waals surface area (Å²) in [6.07, 6.45) is 1.66. The van der Waals surface area contributed by atoms with Crippen molar-refractivity contribution in [3.8, 4) is 0 Å². The molecule has 0 radical (unpaired) electrons. The molecule has 0 aromatic carbocycles. The molecule has 0 aromatic heterocycles. The molecule has 3 fully saturated rings. The number of piperazine rings is 1. The van der Waals surface area contributed by atoms with Gasteiger partial charge in [-0.1, -0.05) is 43.6 Å². The van der Waals surface area contributed by atoms with E-state index in [4.69, 9.17) is 0 Å². The lowest BCUT2D eigenvalue weighted by Crippen LogP contribution is -2.57. The zero-order valence-electron chi connectivity index (χ0n) is 14.1. The molecular formula is C17H27BrN2O2. The van der Waals surface area contributed by atoms with Crippen molar-refractivity contribution in [1.82, 2.24) is 9.80 Å². The number of carbonyl (C=O) groups excluding carboxylic acids is 2. The van der Waals surface area contributed by atoms with Crippen LogP contribution in [0.2, 0.25) is 0 Å². The number of carbonyl (C=O) groups is 2. The Kier molecular flexibility index (Phi) is 3.76. The summed E-state index contributed by atoms with van der Waals surface area (Å²) in [6.45, 7) is 13.0. The number of alkyl halides is 1.